The Kier molecular flexibility index (Phi) is 5.17. The zero-order chi connectivity index (χ0) is 15.3. The van der Waals surface area contributed by atoms with Gasteiger partial charge in [0.1, 0.15) is 5.56 Å². The number of aromatic nitrogens is 1. The number of hydrazine groups is 1. The van der Waals surface area contributed by atoms with Crippen molar-refractivity contribution in [1.29, 1.82) is 0 Å². The highest BCUT2D eigenvalue weighted by Gasteiger charge is 2.23. The van der Waals surface area contributed by atoms with E-state index < -0.39 is 21.9 Å². The Bertz CT molecular complexity index is 614. The SMILES string of the molecule is CCOC(=O)C[n+]1cccc(C(=O)N(N)S(C)(=O)=O)c1. The van der Waals surface area contributed by atoms with Gasteiger partial charge in [0.15, 0.2) is 12.4 Å². The molecule has 0 spiro atoms. The Labute approximate surface area is 116 Å². The van der Waals surface area contributed by atoms with Crippen molar-refractivity contribution in [2.75, 3.05) is 12.9 Å². The molecule has 0 saturated carbocycles. The molecule has 1 amide bonds. The summed E-state index contributed by atoms with van der Waals surface area (Å²) in [5.41, 5.74) is 0.0460. The molecule has 0 aliphatic carbocycles. The van der Waals surface area contributed by atoms with Crippen LogP contribution >= 0.6 is 0 Å². The number of hydrogen-bond acceptors (Lipinski definition) is 6. The normalized spacial score (nSPS) is 10.9. The van der Waals surface area contributed by atoms with Gasteiger partial charge in [-0.1, -0.05) is 0 Å². The molecule has 0 fully saturated rings. The fourth-order valence-electron chi connectivity index (χ4n) is 1.38. The zero-order valence-electron chi connectivity index (χ0n) is 11.1. The second-order valence-corrected chi connectivity index (χ2v) is 5.79. The van der Waals surface area contributed by atoms with Gasteiger partial charge in [-0.25, -0.2) is 19.1 Å². The molecule has 8 nitrogen and oxygen atoms in total. The fraction of sp³-hybridized carbons (Fsp3) is 0.364. The number of esters is 1. The summed E-state index contributed by atoms with van der Waals surface area (Å²) in [6.45, 7) is 1.85. The van der Waals surface area contributed by atoms with E-state index in [9.17, 15) is 18.0 Å². The molecule has 0 aromatic carbocycles. The topological polar surface area (TPSA) is 111 Å². The maximum Gasteiger partial charge on any atom is 0.372 e. The van der Waals surface area contributed by atoms with Crippen molar-refractivity contribution in [2.24, 2.45) is 5.84 Å². The van der Waals surface area contributed by atoms with Crippen LogP contribution in [0.25, 0.3) is 0 Å². The highest BCUT2D eigenvalue weighted by molar-refractivity contribution is 7.88. The molecule has 0 unspecified atom stereocenters. The van der Waals surface area contributed by atoms with Gasteiger partial charge < -0.3 is 4.74 Å². The molecule has 1 aromatic rings. The lowest BCUT2D eigenvalue weighted by molar-refractivity contribution is -0.686. The Morgan fingerprint density at radius 2 is 2.10 bits per heavy atom. The third kappa shape index (κ3) is 4.28. The van der Waals surface area contributed by atoms with E-state index in [1.165, 1.54) is 22.9 Å². The van der Waals surface area contributed by atoms with E-state index in [4.69, 9.17) is 10.6 Å². The summed E-state index contributed by atoms with van der Waals surface area (Å²) in [6.07, 6.45) is 3.69. The Morgan fingerprint density at radius 1 is 1.45 bits per heavy atom. The number of carbonyl (C=O) groups is 2. The fourth-order valence-corrected chi connectivity index (χ4v) is 1.79. The summed E-state index contributed by atoms with van der Waals surface area (Å²) in [4.78, 5) is 23.2. The average Bonchev–Trinajstić information content (AvgIpc) is 2.36. The molecule has 0 radical (unpaired) electrons. The molecule has 0 atom stereocenters. The van der Waals surface area contributed by atoms with Crippen LogP contribution in [0.2, 0.25) is 0 Å². The number of carbonyl (C=O) groups excluding carboxylic acids is 2. The van der Waals surface area contributed by atoms with Gasteiger partial charge in [0.25, 0.3) is 5.91 Å². The van der Waals surface area contributed by atoms with Crippen molar-refractivity contribution >= 4 is 21.9 Å². The minimum absolute atomic E-state index is 0.0460. The van der Waals surface area contributed by atoms with E-state index in [1.807, 2.05) is 0 Å². The minimum atomic E-state index is -3.83. The van der Waals surface area contributed by atoms with Crippen LogP contribution in [0.15, 0.2) is 24.5 Å². The van der Waals surface area contributed by atoms with Crippen molar-refractivity contribution < 1.29 is 27.3 Å². The van der Waals surface area contributed by atoms with Gasteiger partial charge in [-0.2, -0.15) is 8.98 Å². The summed E-state index contributed by atoms with van der Waals surface area (Å²) in [6, 6.07) is 2.90. The molecule has 20 heavy (non-hydrogen) atoms. The van der Waals surface area contributed by atoms with Gasteiger partial charge in [0.2, 0.25) is 16.6 Å². The molecule has 0 saturated heterocycles. The predicted molar refractivity (Wildman–Crippen MR) is 68.5 cm³/mol. The Hall–Kier alpha value is -2.00. The number of nitrogens with zero attached hydrogens (tertiary/aromatic N) is 2. The molecule has 1 rings (SSSR count). The first kappa shape index (κ1) is 16.1. The van der Waals surface area contributed by atoms with Gasteiger partial charge >= 0.3 is 5.97 Å². The third-order valence-corrected chi connectivity index (χ3v) is 3.16. The maximum atomic E-state index is 11.8. The number of rotatable bonds is 5. The van der Waals surface area contributed by atoms with Crippen molar-refractivity contribution in [3.63, 3.8) is 0 Å². The summed E-state index contributed by atoms with van der Waals surface area (Å²) >= 11 is 0. The number of ether oxygens (including phenoxy) is 1. The van der Waals surface area contributed by atoms with Gasteiger partial charge in [-0.05, 0) is 13.0 Å². The highest BCUT2D eigenvalue weighted by Crippen LogP contribution is 2.02. The predicted octanol–water partition coefficient (Wildman–Crippen LogP) is -1.19. The first-order valence-corrected chi connectivity index (χ1v) is 7.54. The minimum Gasteiger partial charge on any atom is -0.461 e. The molecule has 0 aliphatic rings. The van der Waals surface area contributed by atoms with Crippen molar-refractivity contribution in [3.05, 3.63) is 30.1 Å². The van der Waals surface area contributed by atoms with E-state index in [0.29, 0.717) is 0 Å². The molecule has 2 N–H and O–H groups in total. The molecule has 110 valence electrons. The number of nitrogens with two attached hydrogens (primary N) is 1. The zero-order valence-corrected chi connectivity index (χ0v) is 12.0. The highest BCUT2D eigenvalue weighted by atomic mass is 32.2. The molecule has 1 heterocycles. The quantitative estimate of drug-likeness (QED) is 0.241. The van der Waals surface area contributed by atoms with Gasteiger partial charge in [-0.3, -0.25) is 4.79 Å². The van der Waals surface area contributed by atoms with Gasteiger partial charge in [-0.15, -0.1) is 0 Å². The number of amides is 1. The van der Waals surface area contributed by atoms with Gasteiger partial charge in [0.05, 0.1) is 12.9 Å². The van der Waals surface area contributed by atoms with Crippen LogP contribution in [-0.4, -0.2) is 37.6 Å². The average molecular weight is 302 g/mol. The molecular weight excluding hydrogens is 286 g/mol. The summed E-state index contributed by atoms with van der Waals surface area (Å²) in [7, 11) is -3.83. The molecule has 1 aromatic heterocycles. The van der Waals surface area contributed by atoms with Crippen LogP contribution in [0.3, 0.4) is 0 Å². The second kappa shape index (κ2) is 6.44. The lowest BCUT2D eigenvalue weighted by atomic mass is 10.3. The van der Waals surface area contributed by atoms with Crippen LogP contribution in [0.5, 0.6) is 0 Å². The van der Waals surface area contributed by atoms with Crippen LogP contribution in [0, 0.1) is 0 Å². The summed E-state index contributed by atoms with van der Waals surface area (Å²) in [5.74, 6) is 3.87. The van der Waals surface area contributed by atoms with Crippen molar-refractivity contribution in [3.8, 4) is 0 Å². The van der Waals surface area contributed by atoms with Crippen molar-refractivity contribution in [2.45, 2.75) is 13.5 Å². The molecule has 0 bridgehead atoms. The molecule has 9 heteroatoms. The lowest BCUT2D eigenvalue weighted by Crippen LogP contribution is -2.44. The number of sulfonamides is 1. The second-order valence-electron chi connectivity index (χ2n) is 3.93. The van der Waals surface area contributed by atoms with E-state index >= 15 is 0 Å². The smallest absolute Gasteiger partial charge is 0.372 e. The molecular formula is C11H16N3O5S+. The number of pyridine rings is 1. The Balaban J connectivity index is 2.93. The summed E-state index contributed by atoms with van der Waals surface area (Å²) < 4.78 is 28.7. The third-order valence-electron chi connectivity index (χ3n) is 2.28. The van der Waals surface area contributed by atoms with Crippen LogP contribution in [0.1, 0.15) is 17.3 Å². The Morgan fingerprint density at radius 3 is 2.65 bits per heavy atom. The van der Waals surface area contributed by atoms with E-state index in [1.54, 1.807) is 13.1 Å². The number of hydrogen-bond donors (Lipinski definition) is 1. The van der Waals surface area contributed by atoms with Crippen LogP contribution in [-0.2, 0) is 26.1 Å². The first-order valence-electron chi connectivity index (χ1n) is 5.69. The summed E-state index contributed by atoms with van der Waals surface area (Å²) in [5, 5.41) is 0. The first-order chi connectivity index (χ1) is 9.25. The monoisotopic (exact) mass is 302 g/mol. The van der Waals surface area contributed by atoms with Crippen LogP contribution in [0.4, 0.5) is 0 Å². The van der Waals surface area contributed by atoms with E-state index in [0.717, 1.165) is 6.26 Å². The van der Waals surface area contributed by atoms with Crippen LogP contribution < -0.4 is 10.4 Å². The van der Waals surface area contributed by atoms with Crippen molar-refractivity contribution in [1.82, 2.24) is 4.41 Å². The molecule has 0 aliphatic heterocycles. The maximum absolute atomic E-state index is 11.8. The lowest BCUT2D eigenvalue weighted by Gasteiger charge is -2.12. The van der Waals surface area contributed by atoms with E-state index in [2.05, 4.69) is 0 Å². The largest absolute Gasteiger partial charge is 0.461 e. The van der Waals surface area contributed by atoms with Gasteiger partial charge in [0, 0.05) is 6.07 Å². The standard InChI is InChI=1S/C11H16N3O5S/c1-3-19-10(15)8-13-6-4-5-9(7-13)11(16)14(12)20(2,17)18/h4-7H,3,8,12H2,1-2H3/q+1. The van der Waals surface area contributed by atoms with E-state index in [-0.39, 0.29) is 23.1 Å².